The van der Waals surface area contributed by atoms with Gasteiger partial charge in [-0.3, -0.25) is 4.79 Å². The SMILES string of the molecule is CN(C)CCOc1cc(-c2ccc(C(=O)O)cc2)ccc1-c1nc2nc[nH]c2c(=O)[nH]1. The largest absolute Gasteiger partial charge is 0.491 e. The number of aromatic carboxylic acids is 1. The van der Waals surface area contributed by atoms with Crippen molar-refractivity contribution in [1.29, 1.82) is 0 Å². The lowest BCUT2D eigenvalue weighted by Gasteiger charge is -2.15. The molecule has 0 aliphatic carbocycles. The van der Waals surface area contributed by atoms with E-state index in [0.717, 1.165) is 11.1 Å². The van der Waals surface area contributed by atoms with Crippen molar-refractivity contribution in [3.63, 3.8) is 0 Å². The normalized spacial score (nSPS) is 11.2. The van der Waals surface area contributed by atoms with Crippen LogP contribution in [0.3, 0.4) is 0 Å². The number of benzene rings is 2. The van der Waals surface area contributed by atoms with Gasteiger partial charge >= 0.3 is 5.97 Å². The second kappa shape index (κ2) is 8.41. The van der Waals surface area contributed by atoms with E-state index < -0.39 is 5.97 Å². The Morgan fingerprint density at radius 1 is 1.13 bits per heavy atom. The number of H-pyrrole nitrogens is 2. The summed E-state index contributed by atoms with van der Waals surface area (Å²) in [5.41, 5.74) is 2.87. The Morgan fingerprint density at radius 3 is 2.58 bits per heavy atom. The number of aromatic nitrogens is 4. The number of hydrogen-bond donors (Lipinski definition) is 3. The van der Waals surface area contributed by atoms with Crippen molar-refractivity contribution < 1.29 is 14.6 Å². The monoisotopic (exact) mass is 419 g/mol. The van der Waals surface area contributed by atoms with Gasteiger partial charge in [-0.15, -0.1) is 0 Å². The molecule has 9 heteroatoms. The number of rotatable bonds is 7. The minimum Gasteiger partial charge on any atom is -0.491 e. The van der Waals surface area contributed by atoms with Gasteiger partial charge in [-0.2, -0.15) is 0 Å². The summed E-state index contributed by atoms with van der Waals surface area (Å²) in [6.07, 6.45) is 1.43. The highest BCUT2D eigenvalue weighted by Crippen LogP contribution is 2.33. The molecule has 0 radical (unpaired) electrons. The van der Waals surface area contributed by atoms with Crippen molar-refractivity contribution in [2.24, 2.45) is 0 Å². The maximum Gasteiger partial charge on any atom is 0.335 e. The minimum atomic E-state index is -0.974. The third-order valence-electron chi connectivity index (χ3n) is 4.79. The van der Waals surface area contributed by atoms with Gasteiger partial charge in [-0.1, -0.05) is 18.2 Å². The fourth-order valence-corrected chi connectivity index (χ4v) is 3.13. The molecule has 0 saturated carbocycles. The molecule has 4 aromatic rings. The number of hydrogen-bond acceptors (Lipinski definition) is 6. The summed E-state index contributed by atoms with van der Waals surface area (Å²) in [5.74, 6) is -0.0599. The molecular weight excluding hydrogens is 398 g/mol. The fraction of sp³-hybridized carbons (Fsp3) is 0.182. The Labute approximate surface area is 177 Å². The summed E-state index contributed by atoms with van der Waals surface area (Å²) in [6.45, 7) is 1.15. The topological polar surface area (TPSA) is 124 Å². The van der Waals surface area contributed by atoms with Gasteiger partial charge in [0.2, 0.25) is 0 Å². The van der Waals surface area contributed by atoms with Crippen LogP contribution in [0, 0.1) is 0 Å². The van der Waals surface area contributed by atoms with Crippen LogP contribution in [-0.4, -0.2) is 63.2 Å². The first-order valence-electron chi connectivity index (χ1n) is 9.61. The number of aromatic amines is 2. The first-order valence-corrected chi connectivity index (χ1v) is 9.61. The van der Waals surface area contributed by atoms with Crippen molar-refractivity contribution in [2.75, 3.05) is 27.2 Å². The van der Waals surface area contributed by atoms with Crippen LogP contribution in [0.2, 0.25) is 0 Å². The number of nitrogens with zero attached hydrogens (tertiary/aromatic N) is 3. The maximum absolute atomic E-state index is 12.4. The lowest BCUT2D eigenvalue weighted by molar-refractivity contribution is 0.0697. The summed E-state index contributed by atoms with van der Waals surface area (Å²) < 4.78 is 6.03. The number of fused-ring (bicyclic) bond motifs is 1. The molecule has 9 nitrogen and oxygen atoms in total. The third-order valence-corrected chi connectivity index (χ3v) is 4.79. The van der Waals surface area contributed by atoms with Crippen LogP contribution >= 0.6 is 0 Å². The van der Waals surface area contributed by atoms with Crippen LogP contribution in [0.5, 0.6) is 5.75 Å². The zero-order chi connectivity index (χ0) is 22.0. The molecule has 0 fully saturated rings. The molecule has 4 rings (SSSR count). The molecule has 0 bridgehead atoms. The summed E-state index contributed by atoms with van der Waals surface area (Å²) in [4.78, 5) is 39.6. The van der Waals surface area contributed by atoms with Gasteiger partial charge in [-0.25, -0.2) is 14.8 Å². The fourth-order valence-electron chi connectivity index (χ4n) is 3.13. The van der Waals surface area contributed by atoms with Gasteiger partial charge in [0.15, 0.2) is 11.2 Å². The number of carboxylic acid groups (broad SMARTS) is 1. The Morgan fingerprint density at radius 2 is 1.87 bits per heavy atom. The molecule has 0 saturated heterocycles. The molecule has 158 valence electrons. The van der Waals surface area contributed by atoms with Crippen LogP contribution in [0.4, 0.5) is 0 Å². The van der Waals surface area contributed by atoms with Gasteiger partial charge < -0.3 is 24.7 Å². The van der Waals surface area contributed by atoms with Crippen LogP contribution in [-0.2, 0) is 0 Å². The smallest absolute Gasteiger partial charge is 0.335 e. The predicted octanol–water partition coefficient (Wildman–Crippen LogP) is 2.62. The molecule has 2 aromatic heterocycles. The summed E-state index contributed by atoms with van der Waals surface area (Å²) >= 11 is 0. The van der Waals surface area contributed by atoms with E-state index in [4.69, 9.17) is 9.84 Å². The second-order valence-corrected chi connectivity index (χ2v) is 7.26. The van der Waals surface area contributed by atoms with Crippen LogP contribution < -0.4 is 10.3 Å². The Kier molecular flexibility index (Phi) is 5.50. The Bertz CT molecular complexity index is 1290. The summed E-state index contributed by atoms with van der Waals surface area (Å²) in [7, 11) is 3.91. The standard InChI is InChI=1S/C22H21N5O4/c1-27(2)9-10-31-17-11-15(13-3-5-14(6-4-13)22(29)30)7-8-16(17)19-25-20-18(21(28)26-19)23-12-24-20/h3-8,11-12H,9-10H2,1-2H3,(H,29,30)(H2,23,24,25,26,28). The summed E-state index contributed by atoms with van der Waals surface area (Å²) in [6, 6.07) is 12.2. The molecule has 2 aromatic carbocycles. The lowest BCUT2D eigenvalue weighted by atomic mass is 10.0. The molecule has 0 spiro atoms. The average Bonchev–Trinajstić information content (AvgIpc) is 3.23. The average molecular weight is 419 g/mol. The molecule has 0 amide bonds. The van der Waals surface area contributed by atoms with E-state index in [-0.39, 0.29) is 11.1 Å². The molecule has 0 atom stereocenters. The molecule has 0 aliphatic heterocycles. The van der Waals surface area contributed by atoms with E-state index in [1.54, 1.807) is 24.3 Å². The van der Waals surface area contributed by atoms with E-state index in [9.17, 15) is 9.59 Å². The van der Waals surface area contributed by atoms with Crippen molar-refractivity contribution in [2.45, 2.75) is 0 Å². The minimum absolute atomic E-state index is 0.219. The number of ether oxygens (including phenoxy) is 1. The van der Waals surface area contributed by atoms with Crippen LogP contribution in [0.25, 0.3) is 33.7 Å². The van der Waals surface area contributed by atoms with Crippen molar-refractivity contribution in [3.05, 3.63) is 64.7 Å². The zero-order valence-electron chi connectivity index (χ0n) is 17.0. The van der Waals surface area contributed by atoms with Gasteiger partial charge in [0.25, 0.3) is 5.56 Å². The lowest BCUT2D eigenvalue weighted by Crippen LogP contribution is -2.19. The van der Waals surface area contributed by atoms with Crippen molar-refractivity contribution in [1.82, 2.24) is 24.8 Å². The first-order chi connectivity index (χ1) is 14.9. The van der Waals surface area contributed by atoms with Crippen LogP contribution in [0.15, 0.2) is 53.6 Å². The molecule has 0 unspecified atom stereocenters. The van der Waals surface area contributed by atoms with E-state index in [2.05, 4.69) is 19.9 Å². The number of carbonyl (C=O) groups is 1. The summed E-state index contributed by atoms with van der Waals surface area (Å²) in [5, 5.41) is 9.11. The highest BCUT2D eigenvalue weighted by Gasteiger charge is 2.14. The number of nitrogens with one attached hydrogen (secondary N) is 2. The van der Waals surface area contributed by atoms with Crippen molar-refractivity contribution in [3.8, 4) is 28.3 Å². The van der Waals surface area contributed by atoms with E-state index >= 15 is 0 Å². The molecular formula is C22H21N5O4. The van der Waals surface area contributed by atoms with E-state index in [0.29, 0.717) is 41.5 Å². The zero-order valence-corrected chi connectivity index (χ0v) is 17.0. The predicted molar refractivity (Wildman–Crippen MR) is 116 cm³/mol. The Balaban J connectivity index is 1.76. The van der Waals surface area contributed by atoms with Crippen LogP contribution in [0.1, 0.15) is 10.4 Å². The van der Waals surface area contributed by atoms with E-state index in [1.807, 2.05) is 37.2 Å². The first kappa shape index (κ1) is 20.3. The van der Waals surface area contributed by atoms with Gasteiger partial charge in [-0.05, 0) is 49.5 Å². The molecule has 3 N–H and O–H groups in total. The maximum atomic E-state index is 12.4. The molecule has 31 heavy (non-hydrogen) atoms. The van der Waals surface area contributed by atoms with Gasteiger partial charge in [0, 0.05) is 6.54 Å². The molecule has 0 aliphatic rings. The number of carboxylic acids is 1. The number of likely N-dealkylation sites (N-methyl/N-ethyl adjacent to an activating group) is 1. The van der Waals surface area contributed by atoms with Gasteiger partial charge in [0.1, 0.15) is 18.2 Å². The van der Waals surface area contributed by atoms with E-state index in [1.165, 1.54) is 6.33 Å². The van der Waals surface area contributed by atoms with Crippen molar-refractivity contribution >= 4 is 17.1 Å². The number of imidazole rings is 1. The second-order valence-electron chi connectivity index (χ2n) is 7.26. The Hall–Kier alpha value is -3.98. The highest BCUT2D eigenvalue weighted by molar-refractivity contribution is 5.88. The molecule has 2 heterocycles. The highest BCUT2D eigenvalue weighted by atomic mass is 16.5. The third kappa shape index (κ3) is 4.31. The quantitative estimate of drug-likeness (QED) is 0.421. The van der Waals surface area contributed by atoms with Gasteiger partial charge in [0.05, 0.1) is 17.5 Å².